The van der Waals surface area contributed by atoms with E-state index in [0.29, 0.717) is 18.0 Å². The van der Waals surface area contributed by atoms with E-state index in [2.05, 4.69) is 20.9 Å². The summed E-state index contributed by atoms with van der Waals surface area (Å²) in [6.45, 7) is 4.26. The van der Waals surface area contributed by atoms with E-state index < -0.39 is 11.7 Å². The van der Waals surface area contributed by atoms with Crippen LogP contribution in [-0.2, 0) is 0 Å². The lowest BCUT2D eigenvalue weighted by Gasteiger charge is -2.22. The van der Waals surface area contributed by atoms with Crippen molar-refractivity contribution in [1.82, 2.24) is 20.3 Å². The number of rotatable bonds is 6. The van der Waals surface area contributed by atoms with Gasteiger partial charge >= 0.3 is 0 Å². The molecule has 2 heterocycles. The predicted molar refractivity (Wildman–Crippen MR) is 91.3 cm³/mol. The standard InChI is InChI=1S/C17H22FN5O2/c1-2-9-25-16-10-12(18)3-4-14(16)20-17(24)15-11-23(22-21-15)13-5-7-19-8-6-13/h3-4,10-11,13,19H,2,5-9H2,1H3,(H,20,24). The molecule has 1 amide bonds. The molecule has 0 saturated carbocycles. The topological polar surface area (TPSA) is 81.1 Å². The monoisotopic (exact) mass is 347 g/mol. The van der Waals surface area contributed by atoms with Crippen LogP contribution in [0, 0.1) is 5.82 Å². The minimum atomic E-state index is -0.416. The highest BCUT2D eigenvalue weighted by atomic mass is 19.1. The van der Waals surface area contributed by atoms with Gasteiger partial charge in [-0.25, -0.2) is 9.07 Å². The van der Waals surface area contributed by atoms with E-state index in [9.17, 15) is 9.18 Å². The molecular weight excluding hydrogens is 325 g/mol. The second kappa shape index (κ2) is 8.06. The summed E-state index contributed by atoms with van der Waals surface area (Å²) in [4.78, 5) is 12.4. The highest BCUT2D eigenvalue weighted by Crippen LogP contribution is 2.26. The molecule has 0 atom stereocenters. The number of ether oxygens (including phenoxy) is 1. The molecule has 0 spiro atoms. The van der Waals surface area contributed by atoms with E-state index in [1.54, 1.807) is 10.9 Å². The number of carbonyl (C=O) groups is 1. The van der Waals surface area contributed by atoms with Crippen molar-refractivity contribution < 1.29 is 13.9 Å². The van der Waals surface area contributed by atoms with E-state index in [1.807, 2.05) is 6.92 Å². The fourth-order valence-electron chi connectivity index (χ4n) is 2.75. The maximum atomic E-state index is 13.4. The number of nitrogens with zero attached hydrogens (tertiary/aromatic N) is 3. The second-order valence-corrected chi connectivity index (χ2v) is 6.01. The molecule has 3 rings (SSSR count). The predicted octanol–water partition coefficient (Wildman–Crippen LogP) is 2.38. The van der Waals surface area contributed by atoms with Gasteiger partial charge in [0.05, 0.1) is 24.5 Å². The quantitative estimate of drug-likeness (QED) is 0.838. The van der Waals surface area contributed by atoms with Crippen molar-refractivity contribution in [3.63, 3.8) is 0 Å². The zero-order valence-corrected chi connectivity index (χ0v) is 14.2. The van der Waals surface area contributed by atoms with Crippen molar-refractivity contribution in [3.8, 4) is 5.75 Å². The smallest absolute Gasteiger partial charge is 0.277 e. The number of carbonyl (C=O) groups excluding carboxylic acids is 1. The molecule has 134 valence electrons. The van der Waals surface area contributed by atoms with Crippen LogP contribution in [0.1, 0.15) is 42.7 Å². The number of piperidine rings is 1. The van der Waals surface area contributed by atoms with Crippen molar-refractivity contribution in [2.45, 2.75) is 32.2 Å². The Bertz CT molecular complexity index is 728. The van der Waals surface area contributed by atoms with Crippen LogP contribution < -0.4 is 15.4 Å². The van der Waals surface area contributed by atoms with Gasteiger partial charge in [0, 0.05) is 6.07 Å². The lowest BCUT2D eigenvalue weighted by atomic mass is 10.1. The summed E-state index contributed by atoms with van der Waals surface area (Å²) in [5.74, 6) is -0.505. The Kier molecular flexibility index (Phi) is 5.60. The Morgan fingerprint density at radius 2 is 2.24 bits per heavy atom. The van der Waals surface area contributed by atoms with Gasteiger partial charge in [-0.2, -0.15) is 0 Å². The van der Waals surface area contributed by atoms with Crippen LogP contribution in [0.4, 0.5) is 10.1 Å². The molecule has 25 heavy (non-hydrogen) atoms. The minimum absolute atomic E-state index is 0.226. The fourth-order valence-corrected chi connectivity index (χ4v) is 2.75. The van der Waals surface area contributed by atoms with Crippen LogP contribution >= 0.6 is 0 Å². The normalized spacial score (nSPS) is 15.1. The van der Waals surface area contributed by atoms with Gasteiger partial charge in [0.1, 0.15) is 11.6 Å². The molecule has 1 aliphatic rings. The first-order chi connectivity index (χ1) is 12.2. The molecule has 2 aromatic rings. The van der Waals surface area contributed by atoms with Gasteiger partial charge in [-0.3, -0.25) is 4.79 Å². The first-order valence-electron chi connectivity index (χ1n) is 8.53. The van der Waals surface area contributed by atoms with Crippen LogP contribution in [0.25, 0.3) is 0 Å². The highest BCUT2D eigenvalue weighted by Gasteiger charge is 2.19. The van der Waals surface area contributed by atoms with Crippen molar-refractivity contribution in [2.75, 3.05) is 25.0 Å². The van der Waals surface area contributed by atoms with Crippen LogP contribution in [-0.4, -0.2) is 40.6 Å². The number of hydrogen-bond acceptors (Lipinski definition) is 5. The van der Waals surface area contributed by atoms with E-state index in [-0.39, 0.29) is 11.7 Å². The number of halogens is 1. The van der Waals surface area contributed by atoms with Gasteiger partial charge in [0.15, 0.2) is 5.69 Å². The average molecular weight is 347 g/mol. The van der Waals surface area contributed by atoms with Crippen LogP contribution in [0.2, 0.25) is 0 Å². The summed E-state index contributed by atoms with van der Waals surface area (Å²) < 4.78 is 20.7. The van der Waals surface area contributed by atoms with Crippen LogP contribution in [0.3, 0.4) is 0 Å². The first-order valence-corrected chi connectivity index (χ1v) is 8.53. The van der Waals surface area contributed by atoms with Crippen molar-refractivity contribution in [3.05, 3.63) is 35.9 Å². The highest BCUT2D eigenvalue weighted by molar-refractivity contribution is 6.03. The lowest BCUT2D eigenvalue weighted by Crippen LogP contribution is -2.29. The van der Waals surface area contributed by atoms with E-state index in [1.165, 1.54) is 18.2 Å². The Labute approximate surface area is 145 Å². The molecule has 2 N–H and O–H groups in total. The fraction of sp³-hybridized carbons (Fsp3) is 0.471. The van der Waals surface area contributed by atoms with Crippen molar-refractivity contribution in [2.24, 2.45) is 0 Å². The third-order valence-corrected chi connectivity index (χ3v) is 4.08. The maximum Gasteiger partial charge on any atom is 0.277 e. The van der Waals surface area contributed by atoms with Gasteiger partial charge < -0.3 is 15.4 Å². The van der Waals surface area contributed by atoms with Crippen LogP contribution in [0.15, 0.2) is 24.4 Å². The van der Waals surface area contributed by atoms with Gasteiger partial charge in [-0.05, 0) is 44.5 Å². The molecule has 1 saturated heterocycles. The molecule has 0 aliphatic carbocycles. The molecule has 8 heteroatoms. The average Bonchev–Trinajstić information content (AvgIpc) is 3.13. The largest absolute Gasteiger partial charge is 0.491 e. The lowest BCUT2D eigenvalue weighted by molar-refractivity contribution is 0.102. The van der Waals surface area contributed by atoms with Crippen molar-refractivity contribution >= 4 is 11.6 Å². The van der Waals surface area contributed by atoms with E-state index in [0.717, 1.165) is 32.4 Å². The second-order valence-electron chi connectivity index (χ2n) is 6.01. The Balaban J connectivity index is 1.71. The number of anilines is 1. The van der Waals surface area contributed by atoms with Crippen LogP contribution in [0.5, 0.6) is 5.75 Å². The molecule has 7 nitrogen and oxygen atoms in total. The summed E-state index contributed by atoms with van der Waals surface area (Å²) in [7, 11) is 0. The van der Waals surface area contributed by atoms with Gasteiger partial charge in [0.2, 0.25) is 0 Å². The third kappa shape index (κ3) is 4.33. The zero-order chi connectivity index (χ0) is 17.6. The maximum absolute atomic E-state index is 13.4. The number of benzene rings is 1. The number of hydrogen-bond donors (Lipinski definition) is 2. The molecule has 1 fully saturated rings. The molecule has 1 aromatic carbocycles. The summed E-state index contributed by atoms with van der Waals surface area (Å²) in [5, 5.41) is 14.0. The van der Waals surface area contributed by atoms with E-state index >= 15 is 0 Å². The number of nitrogens with one attached hydrogen (secondary N) is 2. The Morgan fingerprint density at radius 1 is 1.44 bits per heavy atom. The van der Waals surface area contributed by atoms with Gasteiger partial charge in [-0.15, -0.1) is 5.10 Å². The van der Waals surface area contributed by atoms with Gasteiger partial charge in [0.25, 0.3) is 5.91 Å². The molecule has 0 bridgehead atoms. The van der Waals surface area contributed by atoms with Crippen molar-refractivity contribution in [1.29, 1.82) is 0 Å². The summed E-state index contributed by atoms with van der Waals surface area (Å²) in [6, 6.07) is 4.27. The Morgan fingerprint density at radius 3 is 3.00 bits per heavy atom. The molecule has 0 unspecified atom stereocenters. The first kappa shape index (κ1) is 17.3. The Hall–Kier alpha value is -2.48. The molecular formula is C17H22FN5O2. The molecule has 1 aromatic heterocycles. The number of aromatic nitrogens is 3. The van der Waals surface area contributed by atoms with Gasteiger partial charge in [-0.1, -0.05) is 12.1 Å². The summed E-state index contributed by atoms with van der Waals surface area (Å²) in [5.41, 5.74) is 0.639. The minimum Gasteiger partial charge on any atom is -0.491 e. The SMILES string of the molecule is CCCOc1cc(F)ccc1NC(=O)c1cn(C2CCNCC2)nn1. The zero-order valence-electron chi connectivity index (χ0n) is 14.2. The third-order valence-electron chi connectivity index (χ3n) is 4.08. The summed E-state index contributed by atoms with van der Waals surface area (Å²) in [6.07, 6.45) is 4.35. The molecule has 0 radical (unpaired) electrons. The summed E-state index contributed by atoms with van der Waals surface area (Å²) >= 11 is 0. The number of amides is 1. The van der Waals surface area contributed by atoms with E-state index in [4.69, 9.17) is 4.74 Å². The molecule has 1 aliphatic heterocycles.